The highest BCUT2D eigenvalue weighted by atomic mass is 35.5. The topological polar surface area (TPSA) is 46.3 Å². The van der Waals surface area contributed by atoms with Crippen molar-refractivity contribution >= 4 is 17.5 Å². The molecule has 0 aliphatic heterocycles. The number of alkyl halides is 1. The first kappa shape index (κ1) is 17.7. The van der Waals surface area contributed by atoms with Crippen molar-refractivity contribution in [3.05, 3.63) is 48.0 Å². The van der Waals surface area contributed by atoms with E-state index in [0.717, 1.165) is 6.42 Å². The minimum absolute atomic E-state index is 0.0764. The van der Waals surface area contributed by atoms with Gasteiger partial charge in [0, 0.05) is 17.5 Å². The van der Waals surface area contributed by atoms with Crippen LogP contribution in [0.5, 0.6) is 0 Å². The van der Waals surface area contributed by atoms with Crippen LogP contribution in [0, 0.1) is 0 Å². The molecule has 106 valence electrons. The Kier molecular flexibility index (Phi) is 8.92. The number of halogens is 1. The van der Waals surface area contributed by atoms with Gasteiger partial charge in [0.15, 0.2) is 0 Å². The fraction of sp³-hybridized carbons (Fsp3) is 0.400. The van der Waals surface area contributed by atoms with E-state index < -0.39 is 5.91 Å². The number of hydrogen-bond acceptors (Lipinski definition) is 2. The first-order chi connectivity index (χ1) is 8.93. The number of hydrogen-bond donors (Lipinski definition) is 1. The van der Waals surface area contributed by atoms with E-state index >= 15 is 0 Å². The number of likely N-dealkylation sites (N-methyl/N-ethyl adjacent to an activating group) is 1. The van der Waals surface area contributed by atoms with Crippen molar-refractivity contribution in [3.8, 4) is 0 Å². The summed E-state index contributed by atoms with van der Waals surface area (Å²) in [7, 11) is 3.81. The van der Waals surface area contributed by atoms with Crippen molar-refractivity contribution in [2.24, 2.45) is 5.73 Å². The van der Waals surface area contributed by atoms with Crippen LogP contribution >= 0.6 is 11.6 Å². The van der Waals surface area contributed by atoms with Gasteiger partial charge in [0.1, 0.15) is 0 Å². The van der Waals surface area contributed by atoms with E-state index in [9.17, 15) is 4.79 Å². The van der Waals surface area contributed by atoms with Crippen molar-refractivity contribution in [3.63, 3.8) is 0 Å². The molecule has 0 saturated carbocycles. The number of carbonyl (C=O) groups excluding carboxylic acids is 1. The van der Waals surface area contributed by atoms with Crippen LogP contribution in [0.25, 0.3) is 0 Å². The van der Waals surface area contributed by atoms with Gasteiger partial charge in [0.2, 0.25) is 5.91 Å². The smallest absolute Gasteiger partial charge is 0.245 e. The lowest BCUT2D eigenvalue weighted by Gasteiger charge is -2.22. The lowest BCUT2D eigenvalue weighted by Crippen LogP contribution is -2.34. The molecule has 0 aliphatic rings. The first-order valence-electron chi connectivity index (χ1n) is 6.18. The second-order valence-corrected chi connectivity index (χ2v) is 4.66. The van der Waals surface area contributed by atoms with E-state index in [1.54, 1.807) is 0 Å². The van der Waals surface area contributed by atoms with Crippen LogP contribution in [0.15, 0.2) is 42.5 Å². The molecule has 0 aromatic heterocycles. The highest BCUT2D eigenvalue weighted by Gasteiger charge is 2.16. The van der Waals surface area contributed by atoms with Gasteiger partial charge in [-0.3, -0.25) is 4.79 Å². The maximum atomic E-state index is 10.7. The number of nitrogens with zero attached hydrogens (tertiary/aromatic N) is 1. The molecular weight excluding hydrogens is 260 g/mol. The molecule has 1 amide bonds. The van der Waals surface area contributed by atoms with E-state index in [4.69, 9.17) is 17.3 Å². The standard InChI is InChI=1S/C8H16N2O.C7H7Cl/c1-5-7(10(3)4)6(2)8(9)11;8-6-7-4-2-1-3-5-7/h7H,2,5H2,1,3-4H3,(H2,9,11);1-5H,6H2. The maximum Gasteiger partial charge on any atom is 0.245 e. The number of nitrogens with two attached hydrogens (primary N) is 1. The molecule has 1 aromatic rings. The van der Waals surface area contributed by atoms with Gasteiger partial charge < -0.3 is 10.6 Å². The van der Waals surface area contributed by atoms with Crippen molar-refractivity contribution in [1.82, 2.24) is 4.90 Å². The summed E-state index contributed by atoms with van der Waals surface area (Å²) in [6.07, 6.45) is 0.856. The number of benzene rings is 1. The average molecular weight is 283 g/mol. The van der Waals surface area contributed by atoms with Gasteiger partial charge in [-0.15, -0.1) is 11.6 Å². The molecular formula is C15H23ClN2O. The van der Waals surface area contributed by atoms with Gasteiger partial charge in [-0.05, 0) is 26.1 Å². The van der Waals surface area contributed by atoms with Crippen LogP contribution in [0.3, 0.4) is 0 Å². The molecule has 19 heavy (non-hydrogen) atoms. The van der Waals surface area contributed by atoms with E-state index in [2.05, 4.69) is 6.58 Å². The molecule has 3 nitrogen and oxygen atoms in total. The van der Waals surface area contributed by atoms with Crippen LogP contribution in [0.2, 0.25) is 0 Å². The first-order valence-corrected chi connectivity index (χ1v) is 6.72. The molecule has 1 unspecified atom stereocenters. The average Bonchev–Trinajstić information content (AvgIpc) is 2.40. The van der Waals surface area contributed by atoms with Crippen molar-refractivity contribution in [2.75, 3.05) is 14.1 Å². The number of carbonyl (C=O) groups is 1. The third kappa shape index (κ3) is 6.99. The lowest BCUT2D eigenvalue weighted by molar-refractivity contribution is -0.115. The van der Waals surface area contributed by atoms with E-state index in [1.807, 2.05) is 56.3 Å². The van der Waals surface area contributed by atoms with Crippen LogP contribution in [-0.4, -0.2) is 30.9 Å². The lowest BCUT2D eigenvalue weighted by atomic mass is 10.1. The second kappa shape index (κ2) is 9.59. The van der Waals surface area contributed by atoms with Crippen molar-refractivity contribution < 1.29 is 4.79 Å². The highest BCUT2D eigenvalue weighted by molar-refractivity contribution is 6.17. The van der Waals surface area contributed by atoms with E-state index in [0.29, 0.717) is 11.5 Å². The molecule has 1 rings (SSSR count). The Morgan fingerprint density at radius 1 is 1.37 bits per heavy atom. The predicted octanol–water partition coefficient (Wildman–Crippen LogP) is 2.79. The Morgan fingerprint density at radius 2 is 1.89 bits per heavy atom. The van der Waals surface area contributed by atoms with Crippen LogP contribution < -0.4 is 5.73 Å². The van der Waals surface area contributed by atoms with Gasteiger partial charge in [-0.1, -0.05) is 43.8 Å². The quantitative estimate of drug-likeness (QED) is 0.667. The monoisotopic (exact) mass is 282 g/mol. The Labute approximate surface area is 121 Å². The summed E-state index contributed by atoms with van der Waals surface area (Å²) in [5.41, 5.74) is 6.74. The summed E-state index contributed by atoms with van der Waals surface area (Å²) < 4.78 is 0. The van der Waals surface area contributed by atoms with Gasteiger partial charge in [-0.25, -0.2) is 0 Å². The van der Waals surface area contributed by atoms with Gasteiger partial charge in [0.05, 0.1) is 0 Å². The highest BCUT2D eigenvalue weighted by Crippen LogP contribution is 2.08. The van der Waals surface area contributed by atoms with Gasteiger partial charge >= 0.3 is 0 Å². The molecule has 0 fully saturated rings. The molecule has 0 bridgehead atoms. The van der Waals surface area contributed by atoms with Crippen LogP contribution in [-0.2, 0) is 10.7 Å². The summed E-state index contributed by atoms with van der Waals surface area (Å²) in [4.78, 5) is 12.6. The largest absolute Gasteiger partial charge is 0.366 e. The summed E-state index contributed by atoms with van der Waals surface area (Å²) in [6.45, 7) is 5.63. The minimum atomic E-state index is -0.412. The molecule has 2 N–H and O–H groups in total. The van der Waals surface area contributed by atoms with Gasteiger partial charge in [-0.2, -0.15) is 0 Å². The fourth-order valence-corrected chi connectivity index (χ4v) is 1.83. The summed E-state index contributed by atoms with van der Waals surface area (Å²) in [6, 6.07) is 10.0. The van der Waals surface area contributed by atoms with Gasteiger partial charge in [0.25, 0.3) is 0 Å². The number of primary amides is 1. The third-order valence-corrected chi connectivity index (χ3v) is 3.03. The SMILES string of the molecule is C=C(C(N)=O)C(CC)N(C)C.ClCc1ccccc1. The van der Waals surface area contributed by atoms with Crippen LogP contribution in [0.1, 0.15) is 18.9 Å². The molecule has 0 spiro atoms. The summed E-state index contributed by atoms with van der Waals surface area (Å²) in [5, 5.41) is 0. The molecule has 1 atom stereocenters. The van der Waals surface area contributed by atoms with Crippen molar-refractivity contribution in [2.45, 2.75) is 25.3 Å². The normalized spacial score (nSPS) is 11.4. The van der Waals surface area contributed by atoms with Crippen molar-refractivity contribution in [1.29, 1.82) is 0 Å². The zero-order valence-corrected chi connectivity index (χ0v) is 12.7. The predicted molar refractivity (Wildman–Crippen MR) is 82.1 cm³/mol. The summed E-state index contributed by atoms with van der Waals surface area (Å²) in [5.74, 6) is 0.200. The Morgan fingerprint density at radius 3 is 2.11 bits per heavy atom. The Bertz CT molecular complexity index is 390. The molecule has 0 aliphatic carbocycles. The summed E-state index contributed by atoms with van der Waals surface area (Å²) >= 11 is 5.53. The second-order valence-electron chi connectivity index (χ2n) is 4.40. The van der Waals surface area contributed by atoms with E-state index in [-0.39, 0.29) is 6.04 Å². The third-order valence-electron chi connectivity index (χ3n) is 2.73. The molecule has 0 heterocycles. The maximum absolute atomic E-state index is 10.7. The number of amides is 1. The molecule has 1 aromatic carbocycles. The number of rotatable bonds is 5. The molecule has 0 radical (unpaired) electrons. The Hall–Kier alpha value is -1.32. The minimum Gasteiger partial charge on any atom is -0.366 e. The fourth-order valence-electron chi connectivity index (χ4n) is 1.65. The molecule has 0 saturated heterocycles. The zero-order valence-electron chi connectivity index (χ0n) is 11.9. The molecule has 4 heteroatoms. The van der Waals surface area contributed by atoms with Crippen LogP contribution in [0.4, 0.5) is 0 Å². The zero-order chi connectivity index (χ0) is 14.8. The Balaban J connectivity index is 0.000000356. The van der Waals surface area contributed by atoms with E-state index in [1.165, 1.54) is 5.56 Å².